The molecule has 1 amide bonds. The summed E-state index contributed by atoms with van der Waals surface area (Å²) in [7, 11) is 1.58. The highest BCUT2D eigenvalue weighted by molar-refractivity contribution is 5.95. The average Bonchev–Trinajstić information content (AvgIpc) is 2.83. The summed E-state index contributed by atoms with van der Waals surface area (Å²) in [6.07, 6.45) is 3.50. The number of rotatable bonds is 2. The topological polar surface area (TPSA) is 58.8 Å². The molecule has 2 N–H and O–H groups in total. The van der Waals surface area contributed by atoms with E-state index in [1.165, 1.54) is 19.4 Å². The summed E-state index contributed by atoms with van der Waals surface area (Å²) in [5.74, 6) is 0.697. The van der Waals surface area contributed by atoms with Gasteiger partial charge in [-0.1, -0.05) is 0 Å². The normalized spacial score (nSPS) is 22.7. The van der Waals surface area contributed by atoms with Crippen molar-refractivity contribution in [1.82, 2.24) is 9.80 Å². The second kappa shape index (κ2) is 5.93. The van der Waals surface area contributed by atoms with E-state index >= 15 is 0 Å². The van der Waals surface area contributed by atoms with Gasteiger partial charge >= 0.3 is 0 Å². The number of benzene rings is 1. The molecule has 2 aliphatic heterocycles. The van der Waals surface area contributed by atoms with Crippen LogP contribution >= 0.6 is 0 Å². The average molecular weight is 289 g/mol. The maximum atomic E-state index is 12.7. The number of nitrogen functional groups attached to an aromatic ring is 1. The monoisotopic (exact) mass is 289 g/mol. The minimum absolute atomic E-state index is 0.0816. The molecule has 21 heavy (non-hydrogen) atoms. The molecule has 3 rings (SSSR count). The molecule has 114 valence electrons. The van der Waals surface area contributed by atoms with Gasteiger partial charge in [0.05, 0.1) is 12.8 Å². The standard InChI is InChI=1S/C16H23N3O2/c1-21-15-6-5-12(10-14(15)17)16(20)19-9-3-8-18-7-2-4-13(18)11-19/h5-6,10,13H,2-4,7-9,11,17H2,1H3. The first-order chi connectivity index (χ1) is 10.2. The molecule has 5 nitrogen and oxygen atoms in total. The summed E-state index contributed by atoms with van der Waals surface area (Å²) in [4.78, 5) is 17.2. The highest BCUT2D eigenvalue weighted by Gasteiger charge is 2.30. The minimum Gasteiger partial charge on any atom is -0.495 e. The van der Waals surface area contributed by atoms with Crippen LogP contribution in [0.25, 0.3) is 0 Å². The van der Waals surface area contributed by atoms with Gasteiger partial charge in [0.1, 0.15) is 5.75 Å². The van der Waals surface area contributed by atoms with E-state index in [1.54, 1.807) is 25.3 Å². The van der Waals surface area contributed by atoms with Gasteiger partial charge < -0.3 is 15.4 Å². The first kappa shape index (κ1) is 14.2. The molecule has 0 aromatic heterocycles. The maximum Gasteiger partial charge on any atom is 0.253 e. The third-order valence-electron chi connectivity index (χ3n) is 4.57. The van der Waals surface area contributed by atoms with Gasteiger partial charge in [-0.05, 0) is 44.0 Å². The van der Waals surface area contributed by atoms with Gasteiger partial charge in [0.15, 0.2) is 0 Å². The number of carbonyl (C=O) groups is 1. The molecular formula is C16H23N3O2. The molecule has 1 unspecified atom stereocenters. The molecule has 2 fully saturated rings. The lowest BCUT2D eigenvalue weighted by Gasteiger charge is -2.26. The van der Waals surface area contributed by atoms with Crippen LogP contribution in [0.3, 0.4) is 0 Å². The lowest BCUT2D eigenvalue weighted by molar-refractivity contribution is 0.0743. The molecular weight excluding hydrogens is 266 g/mol. The Hall–Kier alpha value is -1.75. The van der Waals surface area contributed by atoms with Gasteiger partial charge in [-0.2, -0.15) is 0 Å². The van der Waals surface area contributed by atoms with Crippen molar-refractivity contribution in [2.75, 3.05) is 39.0 Å². The maximum absolute atomic E-state index is 12.7. The smallest absolute Gasteiger partial charge is 0.253 e. The van der Waals surface area contributed by atoms with Crippen molar-refractivity contribution in [2.24, 2.45) is 0 Å². The Morgan fingerprint density at radius 1 is 1.29 bits per heavy atom. The van der Waals surface area contributed by atoms with Crippen LogP contribution in [0, 0.1) is 0 Å². The van der Waals surface area contributed by atoms with Crippen LogP contribution < -0.4 is 10.5 Å². The fourth-order valence-corrected chi connectivity index (χ4v) is 3.44. The number of hydrogen-bond donors (Lipinski definition) is 1. The second-order valence-corrected chi connectivity index (χ2v) is 5.89. The zero-order chi connectivity index (χ0) is 14.8. The number of fused-ring (bicyclic) bond motifs is 1. The predicted molar refractivity (Wildman–Crippen MR) is 82.5 cm³/mol. The van der Waals surface area contributed by atoms with Crippen molar-refractivity contribution in [1.29, 1.82) is 0 Å². The number of anilines is 1. The van der Waals surface area contributed by atoms with Gasteiger partial charge in [-0.3, -0.25) is 9.69 Å². The zero-order valence-corrected chi connectivity index (χ0v) is 12.5. The largest absolute Gasteiger partial charge is 0.495 e. The molecule has 0 saturated carbocycles. The zero-order valence-electron chi connectivity index (χ0n) is 12.5. The van der Waals surface area contributed by atoms with Crippen molar-refractivity contribution in [3.8, 4) is 5.75 Å². The van der Waals surface area contributed by atoms with Crippen molar-refractivity contribution in [3.05, 3.63) is 23.8 Å². The molecule has 1 aromatic carbocycles. The van der Waals surface area contributed by atoms with Gasteiger partial charge in [0.25, 0.3) is 5.91 Å². The number of amides is 1. The number of nitrogens with zero attached hydrogens (tertiary/aromatic N) is 2. The van der Waals surface area contributed by atoms with Crippen LogP contribution in [0.2, 0.25) is 0 Å². The van der Waals surface area contributed by atoms with Crippen LogP contribution in [0.1, 0.15) is 29.6 Å². The van der Waals surface area contributed by atoms with Crippen LogP contribution in [-0.2, 0) is 0 Å². The van der Waals surface area contributed by atoms with E-state index in [0.717, 1.165) is 26.1 Å². The number of methoxy groups -OCH3 is 1. The molecule has 1 atom stereocenters. The first-order valence-electron chi connectivity index (χ1n) is 7.66. The molecule has 0 radical (unpaired) electrons. The van der Waals surface area contributed by atoms with Gasteiger partial charge in [0.2, 0.25) is 0 Å². The van der Waals surface area contributed by atoms with E-state index in [9.17, 15) is 4.79 Å². The molecule has 1 aromatic rings. The Labute approximate surface area is 125 Å². The quantitative estimate of drug-likeness (QED) is 0.840. The second-order valence-electron chi connectivity index (χ2n) is 5.89. The van der Waals surface area contributed by atoms with E-state index in [-0.39, 0.29) is 5.91 Å². The Morgan fingerprint density at radius 3 is 2.86 bits per heavy atom. The van der Waals surface area contributed by atoms with E-state index in [1.807, 2.05) is 4.90 Å². The van der Waals surface area contributed by atoms with Gasteiger partial charge in [-0.15, -0.1) is 0 Å². The fourth-order valence-electron chi connectivity index (χ4n) is 3.44. The summed E-state index contributed by atoms with van der Waals surface area (Å²) >= 11 is 0. The molecule has 2 saturated heterocycles. The number of carbonyl (C=O) groups excluding carboxylic acids is 1. The van der Waals surface area contributed by atoms with Crippen LogP contribution in [0.15, 0.2) is 18.2 Å². The molecule has 2 aliphatic rings. The Balaban J connectivity index is 1.76. The van der Waals surface area contributed by atoms with Crippen molar-refractivity contribution >= 4 is 11.6 Å². The van der Waals surface area contributed by atoms with E-state index in [4.69, 9.17) is 10.5 Å². The minimum atomic E-state index is 0.0816. The lowest BCUT2D eigenvalue weighted by Crippen LogP contribution is -2.39. The van der Waals surface area contributed by atoms with Gasteiger partial charge in [-0.25, -0.2) is 0 Å². The van der Waals surface area contributed by atoms with E-state index < -0.39 is 0 Å². The molecule has 5 heteroatoms. The van der Waals surface area contributed by atoms with E-state index in [2.05, 4.69) is 4.90 Å². The first-order valence-corrected chi connectivity index (χ1v) is 7.66. The van der Waals surface area contributed by atoms with Crippen molar-refractivity contribution in [3.63, 3.8) is 0 Å². The molecule has 0 aliphatic carbocycles. The Bertz CT molecular complexity index is 532. The van der Waals surface area contributed by atoms with Crippen molar-refractivity contribution in [2.45, 2.75) is 25.3 Å². The summed E-state index contributed by atoms with van der Waals surface area (Å²) in [6, 6.07) is 5.82. The summed E-state index contributed by atoms with van der Waals surface area (Å²) in [5, 5.41) is 0. The van der Waals surface area contributed by atoms with Gasteiger partial charge in [0, 0.05) is 31.2 Å². The van der Waals surface area contributed by atoms with E-state index in [0.29, 0.717) is 23.0 Å². The third-order valence-corrected chi connectivity index (χ3v) is 4.57. The summed E-state index contributed by atoms with van der Waals surface area (Å²) < 4.78 is 5.15. The van der Waals surface area contributed by atoms with Crippen LogP contribution in [0.4, 0.5) is 5.69 Å². The lowest BCUT2D eigenvalue weighted by atomic mass is 10.1. The van der Waals surface area contributed by atoms with Crippen LogP contribution in [-0.4, -0.2) is 55.0 Å². The van der Waals surface area contributed by atoms with Crippen molar-refractivity contribution < 1.29 is 9.53 Å². The van der Waals surface area contributed by atoms with Crippen LogP contribution in [0.5, 0.6) is 5.75 Å². The molecule has 2 heterocycles. The summed E-state index contributed by atoms with van der Waals surface area (Å²) in [6.45, 7) is 3.96. The predicted octanol–water partition coefficient (Wildman–Crippen LogP) is 1.59. The molecule has 0 bridgehead atoms. The summed E-state index contributed by atoms with van der Waals surface area (Å²) in [5.41, 5.74) is 7.08. The Morgan fingerprint density at radius 2 is 2.10 bits per heavy atom. The third kappa shape index (κ3) is 2.83. The number of hydrogen-bond acceptors (Lipinski definition) is 4. The Kier molecular flexibility index (Phi) is 4.01. The fraction of sp³-hybridized carbons (Fsp3) is 0.562. The number of ether oxygens (including phenoxy) is 1. The molecule has 0 spiro atoms. The highest BCUT2D eigenvalue weighted by atomic mass is 16.5. The SMILES string of the molecule is COc1ccc(C(=O)N2CCCN3CCCC3C2)cc1N. The highest BCUT2D eigenvalue weighted by Crippen LogP contribution is 2.25. The number of nitrogens with two attached hydrogens (primary N) is 1.